The van der Waals surface area contributed by atoms with E-state index >= 15 is 0 Å². The van der Waals surface area contributed by atoms with E-state index in [1.807, 2.05) is 36.4 Å². The number of ether oxygens (including phenoxy) is 1. The van der Waals surface area contributed by atoms with Gasteiger partial charge in [0.05, 0.1) is 23.6 Å². The molecule has 1 aliphatic carbocycles. The Morgan fingerprint density at radius 2 is 1.97 bits per heavy atom. The van der Waals surface area contributed by atoms with E-state index in [0.717, 1.165) is 46.3 Å². The highest BCUT2D eigenvalue weighted by Gasteiger charge is 2.30. The van der Waals surface area contributed by atoms with Gasteiger partial charge in [-0.2, -0.15) is 0 Å². The molecule has 35 heavy (non-hydrogen) atoms. The average molecular weight is 526 g/mol. The van der Waals surface area contributed by atoms with Crippen molar-refractivity contribution in [3.8, 4) is 11.3 Å². The topological polar surface area (TPSA) is 94.3 Å². The van der Waals surface area contributed by atoms with Crippen LogP contribution in [0.15, 0.2) is 36.4 Å². The minimum Gasteiger partial charge on any atom is -0.462 e. The number of esters is 1. The molecule has 9 heteroatoms. The first-order valence-electron chi connectivity index (χ1n) is 11.4. The van der Waals surface area contributed by atoms with Crippen LogP contribution in [-0.2, 0) is 17.6 Å². The lowest BCUT2D eigenvalue weighted by atomic mass is 9.88. The molecule has 0 fully saturated rings. The molecule has 1 amide bonds. The molecule has 3 aromatic heterocycles. The smallest absolute Gasteiger partial charge is 0.341 e. The number of carbonyl (C=O) groups excluding carboxylic acids is 2. The maximum Gasteiger partial charge on any atom is 0.341 e. The number of fused-ring (bicyclic) bond motifs is 2. The number of nitrogens with zero attached hydrogens (tertiary/aromatic N) is 1. The molecule has 0 saturated carbocycles. The summed E-state index contributed by atoms with van der Waals surface area (Å²) in [6, 6.07) is 11.2. The number of hydrogen-bond donors (Lipinski definition) is 2. The number of carbonyl (C=O) groups is 2. The Hall–Kier alpha value is -2.94. The van der Waals surface area contributed by atoms with E-state index in [-0.39, 0.29) is 12.5 Å². The van der Waals surface area contributed by atoms with Crippen molar-refractivity contribution in [1.82, 2.24) is 4.98 Å². The van der Waals surface area contributed by atoms with Gasteiger partial charge in [-0.15, -0.1) is 22.7 Å². The largest absolute Gasteiger partial charge is 0.462 e. The summed E-state index contributed by atoms with van der Waals surface area (Å²) < 4.78 is 5.32. The fraction of sp³-hybridized carbons (Fsp3) is 0.269. The zero-order valence-corrected chi connectivity index (χ0v) is 21.7. The van der Waals surface area contributed by atoms with Crippen molar-refractivity contribution < 1.29 is 14.3 Å². The number of anilines is 2. The van der Waals surface area contributed by atoms with Gasteiger partial charge in [0, 0.05) is 20.8 Å². The van der Waals surface area contributed by atoms with Crippen LogP contribution in [0.25, 0.3) is 21.5 Å². The van der Waals surface area contributed by atoms with Gasteiger partial charge in [-0.25, -0.2) is 9.78 Å². The third-order valence-corrected chi connectivity index (χ3v) is 8.69. The first-order chi connectivity index (χ1) is 16.9. The third-order valence-electron chi connectivity index (χ3n) is 6.16. The molecular weight excluding hydrogens is 502 g/mol. The quantitative estimate of drug-likeness (QED) is 0.279. The Bertz CT molecular complexity index is 1440. The fourth-order valence-electron chi connectivity index (χ4n) is 4.37. The van der Waals surface area contributed by atoms with E-state index in [1.54, 1.807) is 6.92 Å². The lowest BCUT2D eigenvalue weighted by Crippen LogP contribution is -2.16. The van der Waals surface area contributed by atoms with Crippen molar-refractivity contribution in [2.45, 2.75) is 33.1 Å². The van der Waals surface area contributed by atoms with E-state index < -0.39 is 5.97 Å². The minimum atomic E-state index is -0.395. The van der Waals surface area contributed by atoms with Crippen molar-refractivity contribution in [3.63, 3.8) is 0 Å². The summed E-state index contributed by atoms with van der Waals surface area (Å²) in [6.07, 6.45) is 2.71. The van der Waals surface area contributed by atoms with Crippen LogP contribution in [0.1, 0.15) is 50.7 Å². The van der Waals surface area contributed by atoms with Crippen LogP contribution in [-0.4, -0.2) is 23.5 Å². The summed E-state index contributed by atoms with van der Waals surface area (Å²) in [5, 5.41) is 4.86. The molecule has 4 aromatic rings. The molecule has 0 saturated heterocycles. The van der Waals surface area contributed by atoms with Gasteiger partial charge in [0.2, 0.25) is 0 Å². The standard InChI is InChI=1S/C26H24ClN3O3S2/c1-3-33-26(32)20-16-9-4-13(2)12-19(16)34-25(20)30-23(31)22-21(28)17-10-11-18(29-24(17)35-22)14-5-7-15(27)8-6-14/h5-8,10-11,13H,3-4,9,12,28H2,1-2H3,(H,30,31). The molecular formula is C26H24ClN3O3S2. The molecule has 1 aromatic carbocycles. The SMILES string of the molecule is CCOC(=O)c1c(NC(=O)c2sc3nc(-c4ccc(Cl)cc4)ccc3c2N)sc2c1CCC(C)C2. The van der Waals surface area contributed by atoms with Gasteiger partial charge in [-0.1, -0.05) is 30.7 Å². The predicted octanol–water partition coefficient (Wildman–Crippen LogP) is 6.81. The molecule has 1 aliphatic rings. The monoisotopic (exact) mass is 525 g/mol. The summed E-state index contributed by atoms with van der Waals surface area (Å²) in [5.41, 5.74) is 9.92. The van der Waals surface area contributed by atoms with Crippen LogP contribution in [0.4, 0.5) is 10.7 Å². The number of halogens is 1. The van der Waals surface area contributed by atoms with Crippen LogP contribution in [0.3, 0.4) is 0 Å². The maximum atomic E-state index is 13.3. The maximum absolute atomic E-state index is 13.3. The van der Waals surface area contributed by atoms with Crippen molar-refractivity contribution in [1.29, 1.82) is 0 Å². The first kappa shape index (κ1) is 23.8. The Morgan fingerprint density at radius 3 is 2.71 bits per heavy atom. The summed E-state index contributed by atoms with van der Waals surface area (Å²) in [5.74, 6) is -0.205. The van der Waals surface area contributed by atoms with Crippen LogP contribution in [0.2, 0.25) is 5.02 Å². The zero-order valence-electron chi connectivity index (χ0n) is 19.3. The molecule has 5 rings (SSSR count). The number of nitrogens with one attached hydrogen (secondary N) is 1. The fourth-order valence-corrected chi connectivity index (χ4v) is 6.87. The lowest BCUT2D eigenvalue weighted by molar-refractivity contribution is 0.0526. The molecule has 180 valence electrons. The van der Waals surface area contributed by atoms with Crippen molar-refractivity contribution in [2.75, 3.05) is 17.7 Å². The molecule has 3 heterocycles. The molecule has 0 aliphatic heterocycles. The van der Waals surface area contributed by atoms with Crippen molar-refractivity contribution >= 4 is 67.1 Å². The molecule has 1 unspecified atom stereocenters. The van der Waals surface area contributed by atoms with Gasteiger partial charge in [0.1, 0.15) is 14.7 Å². The minimum absolute atomic E-state index is 0.276. The van der Waals surface area contributed by atoms with Gasteiger partial charge in [0.25, 0.3) is 5.91 Å². The summed E-state index contributed by atoms with van der Waals surface area (Å²) >= 11 is 8.70. The third kappa shape index (κ3) is 4.53. The number of nitrogen functional groups attached to an aromatic ring is 1. The van der Waals surface area contributed by atoms with Crippen LogP contribution in [0.5, 0.6) is 0 Å². The lowest BCUT2D eigenvalue weighted by Gasteiger charge is -2.18. The predicted molar refractivity (Wildman–Crippen MR) is 144 cm³/mol. The number of pyridine rings is 1. The van der Waals surface area contributed by atoms with Gasteiger partial charge in [0.15, 0.2) is 0 Å². The Balaban J connectivity index is 1.48. The van der Waals surface area contributed by atoms with Gasteiger partial charge in [-0.05, 0) is 61.9 Å². The number of aromatic nitrogens is 1. The molecule has 0 spiro atoms. The second-order valence-corrected chi connectivity index (χ2v) is 11.2. The van der Waals surface area contributed by atoms with Crippen LogP contribution >= 0.6 is 34.3 Å². The average Bonchev–Trinajstić information content (AvgIpc) is 3.36. The molecule has 0 radical (unpaired) electrons. The highest BCUT2D eigenvalue weighted by Crippen LogP contribution is 2.41. The Kier molecular flexibility index (Phi) is 6.53. The molecule has 1 atom stereocenters. The number of amides is 1. The highest BCUT2D eigenvalue weighted by molar-refractivity contribution is 7.21. The van der Waals surface area contributed by atoms with Crippen molar-refractivity contribution in [2.24, 2.45) is 5.92 Å². The molecule has 6 nitrogen and oxygen atoms in total. The van der Waals surface area contributed by atoms with Crippen LogP contribution < -0.4 is 11.1 Å². The first-order valence-corrected chi connectivity index (χ1v) is 13.4. The molecule has 0 bridgehead atoms. The van der Waals surface area contributed by atoms with E-state index in [1.165, 1.54) is 22.7 Å². The number of nitrogens with two attached hydrogens (primary N) is 1. The number of rotatable bonds is 5. The van der Waals surface area contributed by atoms with E-state index in [4.69, 9.17) is 27.1 Å². The van der Waals surface area contributed by atoms with E-state index in [0.29, 0.717) is 36.9 Å². The summed E-state index contributed by atoms with van der Waals surface area (Å²) in [4.78, 5) is 33.0. The zero-order chi connectivity index (χ0) is 24.7. The normalized spacial score (nSPS) is 15.1. The van der Waals surface area contributed by atoms with E-state index in [9.17, 15) is 9.59 Å². The second-order valence-electron chi connectivity index (χ2n) is 8.63. The summed E-state index contributed by atoms with van der Waals surface area (Å²) in [7, 11) is 0. The van der Waals surface area contributed by atoms with E-state index in [2.05, 4.69) is 12.2 Å². The number of hydrogen-bond acceptors (Lipinski definition) is 7. The van der Waals surface area contributed by atoms with Crippen LogP contribution in [0, 0.1) is 5.92 Å². The van der Waals surface area contributed by atoms with Gasteiger partial charge >= 0.3 is 5.97 Å². The highest BCUT2D eigenvalue weighted by atomic mass is 35.5. The Morgan fingerprint density at radius 1 is 1.20 bits per heavy atom. The van der Waals surface area contributed by atoms with Gasteiger partial charge < -0.3 is 15.8 Å². The molecule has 3 N–H and O–H groups in total. The van der Waals surface area contributed by atoms with Gasteiger partial charge in [-0.3, -0.25) is 4.79 Å². The van der Waals surface area contributed by atoms with Crippen molar-refractivity contribution in [3.05, 3.63) is 62.3 Å². The Labute approximate surface area is 216 Å². The number of thiophene rings is 2. The summed E-state index contributed by atoms with van der Waals surface area (Å²) in [6.45, 7) is 4.26. The number of benzene rings is 1. The second kappa shape index (κ2) is 9.60.